The van der Waals surface area contributed by atoms with Crippen LogP contribution < -0.4 is 0 Å². The van der Waals surface area contributed by atoms with Crippen LogP contribution in [0.1, 0.15) is 19.3 Å². The van der Waals surface area contributed by atoms with Crippen LogP contribution in [0.25, 0.3) is 5.53 Å². The Morgan fingerprint density at radius 1 is 1.50 bits per heavy atom. The van der Waals surface area contributed by atoms with Gasteiger partial charge in [0.1, 0.15) is 0 Å². The lowest BCUT2D eigenvalue weighted by molar-refractivity contribution is -0.116. The average molecular weight is 110 g/mol. The van der Waals surface area contributed by atoms with Crippen LogP contribution in [0.2, 0.25) is 0 Å². The molecule has 0 spiro atoms. The van der Waals surface area contributed by atoms with Crippen LogP contribution in [-0.2, 0) is 4.79 Å². The normalized spacial score (nSPS) is 19.0. The summed E-state index contributed by atoms with van der Waals surface area (Å²) in [6.07, 6.45) is 2.05. The highest BCUT2D eigenvalue weighted by atomic mass is 16.1. The third-order valence-corrected chi connectivity index (χ3v) is 1.26. The van der Waals surface area contributed by atoms with Crippen LogP contribution in [0, 0.1) is 0 Å². The van der Waals surface area contributed by atoms with E-state index in [0.717, 1.165) is 6.42 Å². The van der Waals surface area contributed by atoms with Gasteiger partial charge in [0.2, 0.25) is 5.78 Å². The molecule has 0 heterocycles. The summed E-state index contributed by atoms with van der Waals surface area (Å²) >= 11 is 0. The Hall–Kier alpha value is -0.950. The van der Waals surface area contributed by atoms with Crippen molar-refractivity contribution in [1.82, 2.24) is 0 Å². The molecule has 0 aromatic carbocycles. The molecule has 0 N–H and O–H groups in total. The molecule has 0 saturated heterocycles. The Labute approximate surface area is 46.9 Å². The molecule has 1 aliphatic rings. The van der Waals surface area contributed by atoms with Crippen LogP contribution in [-0.4, -0.2) is 16.3 Å². The summed E-state index contributed by atoms with van der Waals surface area (Å²) in [4.78, 5) is 13.4. The summed E-state index contributed by atoms with van der Waals surface area (Å²) in [7, 11) is 0. The molecule has 1 aliphatic carbocycles. The summed E-state index contributed by atoms with van der Waals surface area (Å²) < 4.78 is 0. The Morgan fingerprint density at radius 2 is 2.25 bits per heavy atom. The minimum atomic E-state index is -0.00694. The summed E-state index contributed by atoms with van der Waals surface area (Å²) in [5.74, 6) is -0.00694. The van der Waals surface area contributed by atoms with Crippen LogP contribution in [0.5, 0.6) is 0 Å². The topological polar surface area (TPSA) is 53.5 Å². The minimum Gasteiger partial charge on any atom is -0.361 e. The third kappa shape index (κ3) is 0.678. The maximum atomic E-state index is 10.5. The van der Waals surface area contributed by atoms with Crippen LogP contribution >= 0.6 is 0 Å². The predicted molar refractivity (Wildman–Crippen MR) is 27.5 cm³/mol. The second-order valence-corrected chi connectivity index (χ2v) is 1.82. The van der Waals surface area contributed by atoms with Gasteiger partial charge in [-0.2, -0.15) is 4.79 Å². The molecule has 3 nitrogen and oxygen atoms in total. The Balaban J connectivity index is 2.84. The number of ketones is 1. The number of carbonyl (C=O) groups is 1. The molecule has 0 amide bonds. The van der Waals surface area contributed by atoms with Crippen molar-refractivity contribution < 1.29 is 9.58 Å². The maximum absolute atomic E-state index is 10.5. The lowest BCUT2D eigenvalue weighted by atomic mass is 10.3. The minimum absolute atomic E-state index is 0.00694. The molecule has 0 unspecified atom stereocenters. The average Bonchev–Trinajstić information content (AvgIpc) is 2.14. The molecule has 8 heavy (non-hydrogen) atoms. The SMILES string of the molecule is [N-]=[N+]=C1CCCC1=O. The zero-order valence-corrected chi connectivity index (χ0v) is 4.42. The van der Waals surface area contributed by atoms with Gasteiger partial charge in [0.05, 0.1) is 6.42 Å². The number of carbonyl (C=O) groups excluding carboxylic acids is 1. The van der Waals surface area contributed by atoms with Gasteiger partial charge in [-0.3, -0.25) is 4.79 Å². The maximum Gasteiger partial charge on any atom is 0.334 e. The summed E-state index contributed by atoms with van der Waals surface area (Å²) in [5, 5.41) is 0. The Bertz CT molecular complexity index is 167. The molecule has 1 fully saturated rings. The van der Waals surface area contributed by atoms with Crippen molar-refractivity contribution >= 4 is 11.5 Å². The van der Waals surface area contributed by atoms with Gasteiger partial charge in [-0.25, -0.2) is 0 Å². The van der Waals surface area contributed by atoms with E-state index in [0.29, 0.717) is 18.6 Å². The van der Waals surface area contributed by atoms with Crippen molar-refractivity contribution in [3.05, 3.63) is 5.53 Å². The smallest absolute Gasteiger partial charge is 0.334 e. The van der Waals surface area contributed by atoms with E-state index in [1.165, 1.54) is 0 Å². The monoisotopic (exact) mass is 110 g/mol. The number of hydrogen-bond acceptors (Lipinski definition) is 1. The van der Waals surface area contributed by atoms with Gasteiger partial charge >= 0.3 is 5.71 Å². The van der Waals surface area contributed by atoms with E-state index in [-0.39, 0.29) is 5.78 Å². The second-order valence-electron chi connectivity index (χ2n) is 1.82. The van der Waals surface area contributed by atoms with Crippen molar-refractivity contribution in [3.8, 4) is 0 Å². The highest BCUT2D eigenvalue weighted by Gasteiger charge is 2.25. The first-order valence-electron chi connectivity index (χ1n) is 2.58. The van der Waals surface area contributed by atoms with Gasteiger partial charge in [0.15, 0.2) is 0 Å². The van der Waals surface area contributed by atoms with Crippen molar-refractivity contribution in [2.24, 2.45) is 0 Å². The first kappa shape index (κ1) is 5.19. The molecular formula is C5H6N2O. The van der Waals surface area contributed by atoms with E-state index in [1.807, 2.05) is 0 Å². The fraction of sp³-hybridized carbons (Fsp3) is 0.600. The fourth-order valence-corrected chi connectivity index (χ4v) is 0.806. The van der Waals surface area contributed by atoms with Crippen molar-refractivity contribution in [2.45, 2.75) is 19.3 Å². The molecule has 0 aromatic heterocycles. The molecule has 3 heteroatoms. The van der Waals surface area contributed by atoms with Crippen LogP contribution in [0.4, 0.5) is 0 Å². The molecule has 1 saturated carbocycles. The number of nitrogens with zero attached hydrogens (tertiary/aromatic N) is 2. The lowest BCUT2D eigenvalue weighted by Gasteiger charge is -1.69. The zero-order valence-electron chi connectivity index (χ0n) is 4.42. The fourth-order valence-electron chi connectivity index (χ4n) is 0.806. The Morgan fingerprint density at radius 3 is 2.50 bits per heavy atom. The highest BCUT2D eigenvalue weighted by Crippen LogP contribution is 2.08. The van der Waals surface area contributed by atoms with Crippen molar-refractivity contribution in [1.29, 1.82) is 0 Å². The largest absolute Gasteiger partial charge is 0.361 e. The van der Waals surface area contributed by atoms with E-state index < -0.39 is 0 Å². The molecular weight excluding hydrogens is 104 g/mol. The molecule has 0 aliphatic heterocycles. The third-order valence-electron chi connectivity index (χ3n) is 1.26. The zero-order chi connectivity index (χ0) is 5.98. The molecule has 0 atom stereocenters. The van der Waals surface area contributed by atoms with E-state index in [9.17, 15) is 4.79 Å². The first-order chi connectivity index (χ1) is 3.84. The molecule has 42 valence electrons. The first-order valence-corrected chi connectivity index (χ1v) is 2.58. The summed E-state index contributed by atoms with van der Waals surface area (Å²) in [5.41, 5.74) is 8.44. The van der Waals surface area contributed by atoms with Gasteiger partial charge in [-0.15, -0.1) is 0 Å². The van der Waals surface area contributed by atoms with Crippen molar-refractivity contribution in [3.63, 3.8) is 0 Å². The highest BCUT2D eigenvalue weighted by molar-refractivity contribution is 6.39. The second kappa shape index (κ2) is 1.88. The van der Waals surface area contributed by atoms with E-state index in [4.69, 9.17) is 5.53 Å². The number of Topliss-reactive ketones (excluding diaryl/α,β-unsaturated/α-hetero) is 1. The quantitative estimate of drug-likeness (QED) is 0.329. The van der Waals surface area contributed by atoms with Gasteiger partial charge in [0.25, 0.3) is 0 Å². The summed E-state index contributed by atoms with van der Waals surface area (Å²) in [6, 6.07) is 0. The van der Waals surface area contributed by atoms with Gasteiger partial charge in [-0.05, 0) is 6.42 Å². The van der Waals surface area contributed by atoms with Crippen LogP contribution in [0.15, 0.2) is 0 Å². The lowest BCUT2D eigenvalue weighted by Crippen LogP contribution is -2.04. The van der Waals surface area contributed by atoms with Gasteiger partial charge < -0.3 is 5.53 Å². The number of rotatable bonds is 0. The van der Waals surface area contributed by atoms with E-state index in [2.05, 4.69) is 4.79 Å². The molecule has 1 rings (SSSR count). The predicted octanol–water partition coefficient (Wildman–Crippen LogP) is 0.410. The van der Waals surface area contributed by atoms with Gasteiger partial charge in [0, 0.05) is 6.42 Å². The van der Waals surface area contributed by atoms with Gasteiger partial charge in [-0.1, -0.05) is 0 Å². The molecule has 0 radical (unpaired) electrons. The van der Waals surface area contributed by atoms with Crippen molar-refractivity contribution in [2.75, 3.05) is 0 Å². The standard InChI is InChI=1S/C5H6N2O/c6-7-4-2-1-3-5(4)8/h1-3H2. The van der Waals surface area contributed by atoms with E-state index >= 15 is 0 Å². The number of hydrogen-bond donors (Lipinski definition) is 0. The van der Waals surface area contributed by atoms with Crippen LogP contribution in [0.3, 0.4) is 0 Å². The van der Waals surface area contributed by atoms with E-state index in [1.54, 1.807) is 0 Å². The Kier molecular flexibility index (Phi) is 1.22. The molecule has 0 bridgehead atoms. The summed E-state index contributed by atoms with van der Waals surface area (Å²) in [6.45, 7) is 0. The molecule has 0 aromatic rings.